The van der Waals surface area contributed by atoms with Crippen molar-refractivity contribution < 1.29 is 14.0 Å². The molecule has 4 atom stereocenters. The maximum Gasteiger partial charge on any atom is 0.306 e. The summed E-state index contributed by atoms with van der Waals surface area (Å²) in [6.07, 6.45) is 4.75. The molecule has 4 heteroatoms. The van der Waals surface area contributed by atoms with Gasteiger partial charge in [0.15, 0.2) is 8.32 Å². The summed E-state index contributed by atoms with van der Waals surface area (Å²) < 4.78 is 11.8. The third-order valence-corrected chi connectivity index (χ3v) is 9.49. The Bertz CT molecular complexity index is 395. The highest BCUT2D eigenvalue weighted by Gasteiger charge is 2.45. The van der Waals surface area contributed by atoms with Crippen molar-refractivity contribution in [3.63, 3.8) is 0 Å². The van der Waals surface area contributed by atoms with Crippen LogP contribution in [-0.4, -0.2) is 26.5 Å². The Hall–Kier alpha value is -0.613. The molecular weight excluding hydrogens is 256 g/mol. The van der Waals surface area contributed by atoms with Crippen LogP contribution >= 0.6 is 0 Å². The fourth-order valence-corrected chi connectivity index (χ4v) is 3.89. The first-order valence-corrected chi connectivity index (χ1v) is 10.1. The van der Waals surface area contributed by atoms with Crippen LogP contribution in [0.1, 0.15) is 34.1 Å². The van der Waals surface area contributed by atoms with E-state index in [-0.39, 0.29) is 29.1 Å². The zero-order valence-corrected chi connectivity index (χ0v) is 13.9. The Morgan fingerprint density at radius 1 is 1.32 bits per heavy atom. The van der Waals surface area contributed by atoms with Gasteiger partial charge in [0, 0.05) is 5.92 Å². The van der Waals surface area contributed by atoms with E-state index in [1.54, 1.807) is 0 Å². The first-order valence-electron chi connectivity index (χ1n) is 7.17. The number of carbonyl (C=O) groups is 1. The van der Waals surface area contributed by atoms with Crippen LogP contribution in [0.3, 0.4) is 0 Å². The minimum Gasteiger partial charge on any atom is -0.458 e. The number of hydrogen-bond acceptors (Lipinski definition) is 3. The van der Waals surface area contributed by atoms with Gasteiger partial charge in [0.25, 0.3) is 0 Å². The second-order valence-electron chi connectivity index (χ2n) is 7.41. The van der Waals surface area contributed by atoms with Gasteiger partial charge in [0.2, 0.25) is 0 Å². The zero-order chi connectivity index (χ0) is 14.4. The normalized spacial score (nSPS) is 35.2. The molecule has 0 N–H and O–H groups in total. The molecule has 0 aromatic rings. The number of fused-ring (bicyclic) bond motifs is 1. The van der Waals surface area contributed by atoms with Crippen molar-refractivity contribution in [2.24, 2.45) is 11.8 Å². The van der Waals surface area contributed by atoms with E-state index in [1.165, 1.54) is 0 Å². The van der Waals surface area contributed by atoms with Gasteiger partial charge in [-0.1, -0.05) is 33.8 Å². The van der Waals surface area contributed by atoms with Crippen LogP contribution in [0.2, 0.25) is 18.1 Å². The topological polar surface area (TPSA) is 35.5 Å². The van der Waals surface area contributed by atoms with Crippen molar-refractivity contribution in [2.45, 2.75) is 64.5 Å². The smallest absolute Gasteiger partial charge is 0.306 e. The molecule has 19 heavy (non-hydrogen) atoms. The van der Waals surface area contributed by atoms with E-state index in [2.05, 4.69) is 46.9 Å². The molecule has 2 aliphatic rings. The summed E-state index contributed by atoms with van der Waals surface area (Å²) >= 11 is 0. The van der Waals surface area contributed by atoms with Gasteiger partial charge >= 0.3 is 5.97 Å². The lowest BCUT2D eigenvalue weighted by Gasteiger charge is -2.42. The summed E-state index contributed by atoms with van der Waals surface area (Å²) in [5.74, 6) is 0.558. The molecule has 3 nitrogen and oxygen atoms in total. The van der Waals surface area contributed by atoms with Crippen molar-refractivity contribution in [1.29, 1.82) is 0 Å². The second kappa shape index (κ2) is 4.74. The molecule has 0 saturated carbocycles. The van der Waals surface area contributed by atoms with Crippen molar-refractivity contribution in [3.05, 3.63) is 12.2 Å². The van der Waals surface area contributed by atoms with E-state index in [9.17, 15) is 4.79 Å². The van der Waals surface area contributed by atoms with Crippen LogP contribution in [0.15, 0.2) is 12.2 Å². The van der Waals surface area contributed by atoms with Gasteiger partial charge in [-0.25, -0.2) is 0 Å². The van der Waals surface area contributed by atoms with Crippen LogP contribution in [0.5, 0.6) is 0 Å². The number of ether oxygens (including phenoxy) is 1. The van der Waals surface area contributed by atoms with Crippen molar-refractivity contribution in [1.82, 2.24) is 0 Å². The molecule has 0 aromatic heterocycles. The molecule has 0 amide bonds. The molecule has 0 radical (unpaired) electrons. The van der Waals surface area contributed by atoms with Crippen LogP contribution in [-0.2, 0) is 14.0 Å². The van der Waals surface area contributed by atoms with Gasteiger partial charge in [-0.15, -0.1) is 0 Å². The van der Waals surface area contributed by atoms with Crippen molar-refractivity contribution in [3.8, 4) is 0 Å². The monoisotopic (exact) mass is 282 g/mol. The van der Waals surface area contributed by atoms with Gasteiger partial charge in [-0.2, -0.15) is 0 Å². The van der Waals surface area contributed by atoms with E-state index >= 15 is 0 Å². The lowest BCUT2D eigenvalue weighted by Crippen LogP contribution is -2.47. The summed E-state index contributed by atoms with van der Waals surface area (Å²) in [4.78, 5) is 11.4. The molecule has 0 spiro atoms. The molecular formula is C15H26O3Si. The summed E-state index contributed by atoms with van der Waals surface area (Å²) in [5.41, 5.74) is 0. The summed E-state index contributed by atoms with van der Waals surface area (Å²) in [5, 5.41) is 0.208. The molecule has 108 valence electrons. The molecule has 1 heterocycles. The molecule has 1 fully saturated rings. The van der Waals surface area contributed by atoms with E-state index in [0.717, 1.165) is 0 Å². The lowest BCUT2D eigenvalue weighted by atomic mass is 9.80. The number of rotatable bonds is 2. The lowest BCUT2D eigenvalue weighted by molar-refractivity contribution is -0.140. The average molecular weight is 282 g/mol. The first-order chi connectivity index (χ1) is 8.62. The maximum atomic E-state index is 11.4. The Morgan fingerprint density at radius 3 is 2.53 bits per heavy atom. The predicted molar refractivity (Wildman–Crippen MR) is 78.4 cm³/mol. The van der Waals surface area contributed by atoms with E-state index in [0.29, 0.717) is 12.3 Å². The SMILES string of the molecule is C[C@H]1[C@@H]2CC(=O)O[C@@H]2C=C[C@H]1O[Si](C)(C)C(C)(C)C. The standard InChI is InChI=1S/C15H26O3Si/c1-10-11-9-14(16)17-13(11)8-7-12(10)18-19(5,6)15(2,3)4/h7-8,10-13H,9H2,1-6H3/t10-,11-,12+,13+/m0/s1. The quantitative estimate of drug-likeness (QED) is 0.442. The molecule has 0 aromatic carbocycles. The molecule has 1 aliphatic heterocycles. The van der Waals surface area contributed by atoms with Crippen LogP contribution < -0.4 is 0 Å². The van der Waals surface area contributed by atoms with Crippen LogP contribution in [0.4, 0.5) is 0 Å². The van der Waals surface area contributed by atoms with Gasteiger partial charge in [0.05, 0.1) is 12.5 Å². The third-order valence-electron chi connectivity index (χ3n) is 5.01. The fraction of sp³-hybridized carbons (Fsp3) is 0.800. The van der Waals surface area contributed by atoms with Crippen LogP contribution in [0, 0.1) is 11.8 Å². The Labute approximate surface area is 117 Å². The molecule has 1 saturated heterocycles. The summed E-state index contributed by atoms with van der Waals surface area (Å²) in [6, 6.07) is 0. The highest BCUT2D eigenvalue weighted by molar-refractivity contribution is 6.74. The Kier molecular flexibility index (Phi) is 3.69. The minimum atomic E-state index is -1.77. The third kappa shape index (κ3) is 2.79. The second-order valence-corrected chi connectivity index (χ2v) is 12.2. The van der Waals surface area contributed by atoms with E-state index < -0.39 is 8.32 Å². The molecule has 0 unspecified atom stereocenters. The Balaban J connectivity index is 2.11. The molecule has 0 bridgehead atoms. The number of hydrogen-bond donors (Lipinski definition) is 0. The fourth-order valence-electron chi connectivity index (χ4n) is 2.56. The van der Waals surface area contributed by atoms with Crippen molar-refractivity contribution >= 4 is 14.3 Å². The van der Waals surface area contributed by atoms with Gasteiger partial charge in [-0.05, 0) is 30.1 Å². The summed E-state index contributed by atoms with van der Waals surface area (Å²) in [6.45, 7) is 13.5. The highest BCUT2D eigenvalue weighted by Crippen LogP contribution is 2.42. The maximum absolute atomic E-state index is 11.4. The largest absolute Gasteiger partial charge is 0.458 e. The Morgan fingerprint density at radius 2 is 1.95 bits per heavy atom. The number of esters is 1. The predicted octanol–water partition coefficient (Wildman–Crippen LogP) is 3.51. The van der Waals surface area contributed by atoms with E-state index in [1.807, 2.05) is 6.08 Å². The molecule has 2 rings (SSSR count). The number of carbonyl (C=O) groups excluding carboxylic acids is 1. The van der Waals surface area contributed by atoms with Crippen molar-refractivity contribution in [2.75, 3.05) is 0 Å². The van der Waals surface area contributed by atoms with Gasteiger partial charge < -0.3 is 9.16 Å². The van der Waals surface area contributed by atoms with Crippen LogP contribution in [0.25, 0.3) is 0 Å². The zero-order valence-electron chi connectivity index (χ0n) is 12.9. The average Bonchev–Trinajstić information content (AvgIpc) is 2.62. The first kappa shape index (κ1) is 14.8. The highest BCUT2D eigenvalue weighted by atomic mass is 28.4. The van der Waals surface area contributed by atoms with Gasteiger partial charge in [0.1, 0.15) is 6.10 Å². The minimum absolute atomic E-state index is 0.0261. The summed E-state index contributed by atoms with van der Waals surface area (Å²) in [7, 11) is -1.77. The van der Waals surface area contributed by atoms with Gasteiger partial charge in [-0.3, -0.25) is 4.79 Å². The van der Waals surface area contributed by atoms with E-state index in [4.69, 9.17) is 9.16 Å². The molecule has 1 aliphatic carbocycles.